The van der Waals surface area contributed by atoms with Gasteiger partial charge in [0.15, 0.2) is 0 Å². The molecule has 10 nitrogen and oxygen atoms in total. The maximum absolute atomic E-state index is 13.0. The molecule has 0 spiro atoms. The molecule has 0 radical (unpaired) electrons. The first-order valence-corrected chi connectivity index (χ1v) is 15.4. The quantitative estimate of drug-likeness (QED) is 0.265. The van der Waals surface area contributed by atoms with Crippen LogP contribution in [0.5, 0.6) is 0 Å². The van der Waals surface area contributed by atoms with Gasteiger partial charge in [-0.2, -0.15) is 0 Å². The number of aromatic nitrogens is 2. The Morgan fingerprint density at radius 3 is 1.37 bits per heavy atom. The number of amides is 4. The third-order valence-electron chi connectivity index (χ3n) is 8.23. The summed E-state index contributed by atoms with van der Waals surface area (Å²) < 4.78 is 0. The van der Waals surface area contributed by atoms with E-state index >= 15 is 0 Å². The SMILES string of the molecule is O=C(Nc1ccc(/C=C/c2ccc(NC(=O)[C@@H]3CCCN3C(=O)c3ccccn3)cc2)cc1)[C@@H]1CCCN1C(=O)c1ccccn1. The summed E-state index contributed by atoms with van der Waals surface area (Å²) in [4.78, 5) is 63.3. The van der Waals surface area contributed by atoms with Crippen LogP contribution in [0.1, 0.15) is 57.8 Å². The Labute approximate surface area is 267 Å². The molecule has 2 aromatic heterocycles. The summed E-state index contributed by atoms with van der Waals surface area (Å²) in [6.07, 6.45) is 9.82. The molecule has 0 bridgehead atoms. The minimum atomic E-state index is -0.534. The maximum Gasteiger partial charge on any atom is 0.273 e. The predicted molar refractivity (Wildman–Crippen MR) is 176 cm³/mol. The van der Waals surface area contributed by atoms with Crippen LogP contribution in [0.25, 0.3) is 12.2 Å². The fourth-order valence-corrected chi connectivity index (χ4v) is 5.84. The van der Waals surface area contributed by atoms with E-state index in [4.69, 9.17) is 0 Å². The summed E-state index contributed by atoms with van der Waals surface area (Å²) in [7, 11) is 0. The Morgan fingerprint density at radius 2 is 1.00 bits per heavy atom. The summed E-state index contributed by atoms with van der Waals surface area (Å²) in [5, 5.41) is 5.89. The van der Waals surface area contributed by atoms with Gasteiger partial charge >= 0.3 is 0 Å². The van der Waals surface area contributed by atoms with Crippen LogP contribution >= 0.6 is 0 Å². The van der Waals surface area contributed by atoms with E-state index in [1.54, 1.807) is 58.6 Å². The molecule has 10 heteroatoms. The number of nitrogens with zero attached hydrogens (tertiary/aromatic N) is 4. The number of nitrogens with one attached hydrogen (secondary N) is 2. The second-order valence-corrected chi connectivity index (χ2v) is 11.3. The van der Waals surface area contributed by atoms with Gasteiger partial charge in [-0.05, 0) is 85.3 Å². The fourth-order valence-electron chi connectivity index (χ4n) is 5.84. The van der Waals surface area contributed by atoms with Gasteiger partial charge in [-0.3, -0.25) is 29.1 Å². The van der Waals surface area contributed by atoms with E-state index in [0.29, 0.717) is 48.7 Å². The highest BCUT2D eigenvalue weighted by molar-refractivity contribution is 6.02. The van der Waals surface area contributed by atoms with E-state index in [-0.39, 0.29) is 23.6 Å². The van der Waals surface area contributed by atoms with Crippen LogP contribution in [-0.4, -0.2) is 68.6 Å². The monoisotopic (exact) mass is 614 g/mol. The Bertz CT molecular complexity index is 1600. The molecule has 6 rings (SSSR count). The van der Waals surface area contributed by atoms with Gasteiger partial charge in [-0.25, -0.2) is 0 Å². The number of hydrogen-bond acceptors (Lipinski definition) is 6. The van der Waals surface area contributed by atoms with Crippen molar-refractivity contribution >= 4 is 47.2 Å². The van der Waals surface area contributed by atoms with E-state index in [1.807, 2.05) is 60.7 Å². The molecule has 4 heterocycles. The standard InChI is InChI=1S/C36H34N6O4/c43-33(31-9-5-23-41(31)35(45)29-7-1-3-21-37-29)39-27-17-13-25(14-18-27)11-12-26-15-19-28(20-16-26)40-34(44)32-10-6-24-42(32)36(46)30-8-2-4-22-38-30/h1-4,7-8,11-22,31-32H,5-6,9-10,23-24H2,(H,39,43)(H,40,44)/b12-11+/t31-,32-/m0/s1. The number of benzene rings is 2. The average molecular weight is 615 g/mol. The van der Waals surface area contributed by atoms with Crippen molar-refractivity contribution in [2.75, 3.05) is 23.7 Å². The Kier molecular flexibility index (Phi) is 9.24. The number of carbonyl (C=O) groups is 4. The number of likely N-dealkylation sites (tertiary alicyclic amines) is 2. The second-order valence-electron chi connectivity index (χ2n) is 11.3. The summed E-state index contributed by atoms with van der Waals surface area (Å²) in [6.45, 7) is 1.05. The van der Waals surface area contributed by atoms with Crippen LogP contribution in [0.15, 0.2) is 97.3 Å². The second kappa shape index (κ2) is 14.0. The first-order valence-electron chi connectivity index (χ1n) is 15.4. The molecule has 2 aliphatic rings. The maximum atomic E-state index is 13.0. The summed E-state index contributed by atoms with van der Waals surface area (Å²) in [5.74, 6) is -0.888. The van der Waals surface area contributed by atoms with E-state index in [1.165, 1.54) is 0 Å². The lowest BCUT2D eigenvalue weighted by Gasteiger charge is -2.23. The lowest BCUT2D eigenvalue weighted by atomic mass is 10.1. The van der Waals surface area contributed by atoms with Crippen molar-refractivity contribution in [1.29, 1.82) is 0 Å². The van der Waals surface area contributed by atoms with Gasteiger partial charge in [0.05, 0.1) is 0 Å². The van der Waals surface area contributed by atoms with E-state index in [0.717, 1.165) is 24.0 Å². The molecule has 2 N–H and O–H groups in total. The molecule has 2 saturated heterocycles. The van der Waals surface area contributed by atoms with Crippen molar-refractivity contribution in [2.45, 2.75) is 37.8 Å². The van der Waals surface area contributed by atoms with Crippen LogP contribution < -0.4 is 10.6 Å². The minimum absolute atomic E-state index is 0.210. The van der Waals surface area contributed by atoms with E-state index in [2.05, 4.69) is 20.6 Å². The number of pyridine rings is 2. The summed E-state index contributed by atoms with van der Waals surface area (Å²) >= 11 is 0. The van der Waals surface area contributed by atoms with Crippen molar-refractivity contribution in [3.8, 4) is 0 Å². The summed E-state index contributed by atoms with van der Waals surface area (Å²) in [5.41, 5.74) is 3.87. The van der Waals surface area contributed by atoms with E-state index < -0.39 is 12.1 Å². The largest absolute Gasteiger partial charge is 0.325 e. The number of carbonyl (C=O) groups excluding carboxylic acids is 4. The number of anilines is 2. The lowest BCUT2D eigenvalue weighted by Crippen LogP contribution is -2.43. The van der Waals surface area contributed by atoms with Gasteiger partial charge < -0.3 is 20.4 Å². The highest BCUT2D eigenvalue weighted by Crippen LogP contribution is 2.23. The number of rotatable bonds is 8. The molecule has 0 unspecified atom stereocenters. The predicted octanol–water partition coefficient (Wildman–Crippen LogP) is 5.13. The van der Waals surface area contributed by atoms with Crippen LogP contribution in [-0.2, 0) is 9.59 Å². The Hall–Kier alpha value is -5.64. The lowest BCUT2D eigenvalue weighted by molar-refractivity contribution is -0.120. The van der Waals surface area contributed by atoms with E-state index in [9.17, 15) is 19.2 Å². The summed E-state index contributed by atoms with van der Waals surface area (Å²) in [6, 6.07) is 24.3. The molecule has 0 saturated carbocycles. The third kappa shape index (κ3) is 7.02. The smallest absolute Gasteiger partial charge is 0.273 e. The van der Waals surface area contributed by atoms with Crippen molar-refractivity contribution < 1.29 is 19.2 Å². The van der Waals surface area contributed by atoms with Gasteiger partial charge in [-0.15, -0.1) is 0 Å². The molecule has 2 aromatic carbocycles. The third-order valence-corrected chi connectivity index (χ3v) is 8.23. The molecule has 2 atom stereocenters. The molecular formula is C36H34N6O4. The van der Waals surface area contributed by atoms with Gasteiger partial charge in [0.1, 0.15) is 23.5 Å². The molecule has 0 aliphatic carbocycles. The molecule has 232 valence electrons. The first kappa shape index (κ1) is 30.4. The van der Waals surface area contributed by atoms with Crippen molar-refractivity contribution in [3.63, 3.8) is 0 Å². The molecule has 4 amide bonds. The zero-order chi connectivity index (χ0) is 31.9. The molecule has 2 aliphatic heterocycles. The number of hydrogen-bond donors (Lipinski definition) is 2. The Balaban J connectivity index is 1.01. The zero-order valence-corrected chi connectivity index (χ0v) is 25.2. The molecule has 4 aromatic rings. The molecule has 2 fully saturated rings. The van der Waals surface area contributed by atoms with Gasteiger partial charge in [0.25, 0.3) is 11.8 Å². The topological polar surface area (TPSA) is 125 Å². The average Bonchev–Trinajstić information content (AvgIpc) is 3.80. The van der Waals surface area contributed by atoms with Crippen molar-refractivity contribution in [3.05, 3.63) is 120 Å². The van der Waals surface area contributed by atoms with Crippen molar-refractivity contribution in [2.24, 2.45) is 0 Å². The van der Waals surface area contributed by atoms with Crippen molar-refractivity contribution in [1.82, 2.24) is 19.8 Å². The zero-order valence-electron chi connectivity index (χ0n) is 25.2. The Morgan fingerprint density at radius 1 is 0.587 bits per heavy atom. The van der Waals surface area contributed by atoms with Gasteiger partial charge in [-0.1, -0.05) is 48.6 Å². The van der Waals surface area contributed by atoms with Gasteiger partial charge in [0.2, 0.25) is 11.8 Å². The highest BCUT2D eigenvalue weighted by Gasteiger charge is 2.36. The molecule has 46 heavy (non-hydrogen) atoms. The fraction of sp³-hybridized carbons (Fsp3) is 0.222. The highest BCUT2D eigenvalue weighted by atomic mass is 16.2. The van der Waals surface area contributed by atoms with Crippen LogP contribution in [0, 0.1) is 0 Å². The van der Waals surface area contributed by atoms with Crippen LogP contribution in [0.2, 0.25) is 0 Å². The van der Waals surface area contributed by atoms with Crippen LogP contribution in [0.4, 0.5) is 11.4 Å². The first-order chi connectivity index (χ1) is 22.5. The van der Waals surface area contributed by atoms with Gasteiger partial charge in [0, 0.05) is 36.9 Å². The molecular weight excluding hydrogens is 580 g/mol. The van der Waals surface area contributed by atoms with Crippen LogP contribution in [0.3, 0.4) is 0 Å². The normalized spacial score (nSPS) is 17.7. The minimum Gasteiger partial charge on any atom is -0.325 e.